The van der Waals surface area contributed by atoms with Gasteiger partial charge in [-0.15, -0.1) is 0 Å². The van der Waals surface area contributed by atoms with Gasteiger partial charge in [-0.05, 0) is 43.4 Å². The Morgan fingerprint density at radius 1 is 1.48 bits per heavy atom. The first kappa shape index (κ1) is 16.1. The molecule has 6 nitrogen and oxygen atoms in total. The molecule has 1 aliphatic rings. The maximum atomic E-state index is 12.6. The molecule has 118 valence electrons. The lowest BCUT2D eigenvalue weighted by molar-refractivity contribution is 0.269. The summed E-state index contributed by atoms with van der Waals surface area (Å²) in [5, 5.41) is 8.99. The highest BCUT2D eigenvalue weighted by Crippen LogP contribution is 2.34. The van der Waals surface area contributed by atoms with E-state index in [1.165, 1.54) is 6.07 Å². The number of ether oxygens (including phenoxy) is 1. The van der Waals surface area contributed by atoms with Crippen molar-refractivity contribution in [3.05, 3.63) is 17.7 Å². The van der Waals surface area contributed by atoms with Crippen LogP contribution in [-0.2, 0) is 16.4 Å². The molecule has 21 heavy (non-hydrogen) atoms. The van der Waals surface area contributed by atoms with E-state index in [1.807, 2.05) is 6.92 Å². The number of nitrogens with one attached hydrogen (secondary N) is 1. The van der Waals surface area contributed by atoms with Crippen molar-refractivity contribution in [1.29, 1.82) is 0 Å². The zero-order chi connectivity index (χ0) is 15.5. The van der Waals surface area contributed by atoms with Crippen molar-refractivity contribution in [1.82, 2.24) is 4.72 Å². The number of rotatable bonds is 6. The Labute approximate surface area is 125 Å². The number of hydrogen-bond acceptors (Lipinski definition) is 5. The molecule has 1 unspecified atom stereocenters. The summed E-state index contributed by atoms with van der Waals surface area (Å²) < 4.78 is 33.3. The zero-order valence-electron chi connectivity index (χ0n) is 12.1. The van der Waals surface area contributed by atoms with Crippen LogP contribution in [-0.4, -0.2) is 32.8 Å². The third kappa shape index (κ3) is 3.66. The SMILES string of the molecule is CCC(CCO)NS(=O)(=O)c1cc(N)cc2c1OCCC2. The normalized spacial score (nSPS) is 16.1. The van der Waals surface area contributed by atoms with E-state index in [4.69, 9.17) is 15.6 Å². The standard InChI is InChI=1S/C14H22N2O4S/c1-2-12(5-6-17)16-21(18,19)13-9-11(15)8-10-4-3-7-20-14(10)13/h8-9,12,16-17H,2-7,15H2,1H3. The third-order valence-electron chi connectivity index (χ3n) is 3.57. The second-order valence-electron chi connectivity index (χ2n) is 5.20. The van der Waals surface area contributed by atoms with Crippen LogP contribution in [0.15, 0.2) is 17.0 Å². The van der Waals surface area contributed by atoms with E-state index in [9.17, 15) is 8.42 Å². The monoisotopic (exact) mass is 314 g/mol. The van der Waals surface area contributed by atoms with Gasteiger partial charge in [0, 0.05) is 18.3 Å². The molecular weight excluding hydrogens is 292 g/mol. The maximum absolute atomic E-state index is 12.6. The second-order valence-corrected chi connectivity index (χ2v) is 6.88. The molecule has 1 aromatic carbocycles. The first-order valence-corrected chi connectivity index (χ1v) is 8.64. The van der Waals surface area contributed by atoms with Crippen molar-refractivity contribution in [2.75, 3.05) is 18.9 Å². The Morgan fingerprint density at radius 2 is 2.24 bits per heavy atom. The van der Waals surface area contributed by atoms with Crippen LogP contribution < -0.4 is 15.2 Å². The van der Waals surface area contributed by atoms with Crippen molar-refractivity contribution < 1.29 is 18.3 Å². The van der Waals surface area contributed by atoms with Crippen molar-refractivity contribution in [2.45, 2.75) is 43.5 Å². The Hall–Kier alpha value is -1.31. The van der Waals surface area contributed by atoms with Crippen LogP contribution in [0.1, 0.15) is 31.7 Å². The summed E-state index contributed by atoms with van der Waals surface area (Å²) in [5.41, 5.74) is 7.06. The number of benzene rings is 1. The number of nitrogen functional groups attached to an aromatic ring is 1. The largest absolute Gasteiger partial charge is 0.492 e. The number of aliphatic hydroxyl groups is 1. The third-order valence-corrected chi connectivity index (χ3v) is 5.10. The first-order chi connectivity index (χ1) is 9.97. The molecule has 0 fully saturated rings. The van der Waals surface area contributed by atoms with Crippen LogP contribution in [0.3, 0.4) is 0 Å². The maximum Gasteiger partial charge on any atom is 0.244 e. The van der Waals surface area contributed by atoms with Crippen molar-refractivity contribution >= 4 is 15.7 Å². The van der Waals surface area contributed by atoms with Crippen molar-refractivity contribution in [3.8, 4) is 5.75 Å². The summed E-state index contributed by atoms with van der Waals surface area (Å²) in [6.45, 7) is 2.31. The fourth-order valence-electron chi connectivity index (χ4n) is 2.45. The summed E-state index contributed by atoms with van der Waals surface area (Å²) in [5.74, 6) is 0.404. The number of aliphatic hydroxyl groups excluding tert-OH is 1. The van der Waals surface area contributed by atoms with Crippen LogP contribution in [0.2, 0.25) is 0 Å². The number of hydrogen-bond donors (Lipinski definition) is 3. The lowest BCUT2D eigenvalue weighted by Crippen LogP contribution is -2.35. The number of anilines is 1. The molecule has 0 spiro atoms. The fourth-order valence-corrected chi connectivity index (χ4v) is 4.03. The molecule has 0 aromatic heterocycles. The summed E-state index contributed by atoms with van der Waals surface area (Å²) in [7, 11) is -3.72. The van der Waals surface area contributed by atoms with Crippen molar-refractivity contribution in [3.63, 3.8) is 0 Å². The van der Waals surface area contributed by atoms with Gasteiger partial charge in [-0.3, -0.25) is 0 Å². The first-order valence-electron chi connectivity index (χ1n) is 7.16. The van der Waals surface area contributed by atoms with E-state index in [1.54, 1.807) is 6.07 Å². The molecule has 0 saturated heterocycles. The lowest BCUT2D eigenvalue weighted by Gasteiger charge is -2.23. The molecule has 7 heteroatoms. The summed E-state index contributed by atoms with van der Waals surface area (Å²) in [6.07, 6.45) is 2.59. The van der Waals surface area contributed by atoms with E-state index in [0.29, 0.717) is 30.9 Å². The van der Waals surface area contributed by atoms with Gasteiger partial charge in [-0.2, -0.15) is 0 Å². The van der Waals surface area contributed by atoms with Crippen LogP contribution in [0.4, 0.5) is 5.69 Å². The average molecular weight is 314 g/mol. The van der Waals surface area contributed by atoms with E-state index >= 15 is 0 Å². The fraction of sp³-hybridized carbons (Fsp3) is 0.571. The van der Waals surface area contributed by atoms with Gasteiger partial charge in [0.2, 0.25) is 10.0 Å². The Balaban J connectivity index is 2.37. The van der Waals surface area contributed by atoms with Gasteiger partial charge in [0.15, 0.2) is 0 Å². The smallest absolute Gasteiger partial charge is 0.244 e. The molecule has 0 amide bonds. The van der Waals surface area contributed by atoms with Crippen LogP contribution in [0.25, 0.3) is 0 Å². The van der Waals surface area contributed by atoms with Gasteiger partial charge in [-0.1, -0.05) is 6.92 Å². The lowest BCUT2D eigenvalue weighted by atomic mass is 10.1. The number of sulfonamides is 1. The van der Waals surface area contributed by atoms with Crippen LogP contribution >= 0.6 is 0 Å². The average Bonchev–Trinajstić information content (AvgIpc) is 2.45. The predicted octanol–water partition coefficient (Wildman–Crippen LogP) is 1.03. The van der Waals surface area contributed by atoms with Gasteiger partial charge < -0.3 is 15.6 Å². The summed E-state index contributed by atoms with van der Waals surface area (Å²) in [4.78, 5) is 0.0913. The van der Waals surface area contributed by atoms with Gasteiger partial charge in [0.05, 0.1) is 6.61 Å². The highest BCUT2D eigenvalue weighted by Gasteiger charge is 2.26. The molecule has 0 aliphatic carbocycles. The van der Waals surface area contributed by atoms with Gasteiger partial charge in [-0.25, -0.2) is 13.1 Å². The molecule has 1 heterocycles. The molecular formula is C14H22N2O4S. The molecule has 0 radical (unpaired) electrons. The predicted molar refractivity (Wildman–Crippen MR) is 80.8 cm³/mol. The molecule has 1 aromatic rings. The van der Waals surface area contributed by atoms with Gasteiger partial charge >= 0.3 is 0 Å². The molecule has 1 aliphatic heterocycles. The topological polar surface area (TPSA) is 102 Å². The zero-order valence-corrected chi connectivity index (χ0v) is 12.9. The molecule has 2 rings (SSSR count). The number of aryl methyl sites for hydroxylation is 1. The minimum atomic E-state index is -3.72. The quantitative estimate of drug-likeness (QED) is 0.681. The highest BCUT2D eigenvalue weighted by molar-refractivity contribution is 7.89. The molecule has 0 bridgehead atoms. The van der Waals surface area contributed by atoms with Crippen LogP contribution in [0, 0.1) is 0 Å². The number of nitrogens with two attached hydrogens (primary N) is 1. The van der Waals surface area contributed by atoms with Gasteiger partial charge in [0.25, 0.3) is 0 Å². The Kier molecular flexibility index (Phi) is 5.08. The number of fused-ring (bicyclic) bond motifs is 1. The molecule has 1 atom stereocenters. The van der Waals surface area contributed by atoms with Gasteiger partial charge in [0.1, 0.15) is 10.6 Å². The Bertz CT molecular complexity index is 601. The highest BCUT2D eigenvalue weighted by atomic mass is 32.2. The molecule has 4 N–H and O–H groups in total. The minimum absolute atomic E-state index is 0.0629. The van der Waals surface area contributed by atoms with E-state index < -0.39 is 10.0 Å². The van der Waals surface area contributed by atoms with E-state index in [0.717, 1.165) is 18.4 Å². The summed E-state index contributed by atoms with van der Waals surface area (Å²) >= 11 is 0. The van der Waals surface area contributed by atoms with E-state index in [-0.39, 0.29) is 17.5 Å². The Morgan fingerprint density at radius 3 is 2.90 bits per heavy atom. The van der Waals surface area contributed by atoms with Crippen molar-refractivity contribution in [2.24, 2.45) is 0 Å². The second kappa shape index (κ2) is 6.64. The summed E-state index contributed by atoms with van der Waals surface area (Å²) in [6, 6.07) is 2.89. The molecule has 0 saturated carbocycles. The minimum Gasteiger partial charge on any atom is -0.492 e. The van der Waals surface area contributed by atoms with Crippen LogP contribution in [0.5, 0.6) is 5.75 Å². The van der Waals surface area contributed by atoms with E-state index in [2.05, 4.69) is 4.72 Å².